The van der Waals surface area contributed by atoms with Crippen molar-refractivity contribution in [2.75, 3.05) is 0 Å². The lowest BCUT2D eigenvalue weighted by atomic mass is 9.74. The van der Waals surface area contributed by atoms with Crippen LogP contribution in [0.5, 0.6) is 0 Å². The van der Waals surface area contributed by atoms with Crippen LogP contribution in [0.4, 0.5) is 5.69 Å². The van der Waals surface area contributed by atoms with Crippen molar-refractivity contribution in [3.63, 3.8) is 0 Å². The molecule has 21 heavy (non-hydrogen) atoms. The normalized spacial score (nSPS) is 25.5. The van der Waals surface area contributed by atoms with Gasteiger partial charge in [0.15, 0.2) is 0 Å². The SMILES string of the molecule is CC1(C(=O)O)CCC(n2cc([N+](=O)[O-])c(C(N)=O)n2)CC1. The molecular weight excluding hydrogens is 280 g/mol. The first-order valence-electron chi connectivity index (χ1n) is 6.51. The summed E-state index contributed by atoms with van der Waals surface area (Å²) in [4.78, 5) is 32.5. The number of amides is 1. The first kappa shape index (κ1) is 14.9. The van der Waals surface area contributed by atoms with Crippen LogP contribution in [0.15, 0.2) is 6.20 Å². The van der Waals surface area contributed by atoms with Crippen molar-refractivity contribution in [2.45, 2.75) is 38.6 Å². The predicted molar refractivity (Wildman–Crippen MR) is 70.6 cm³/mol. The van der Waals surface area contributed by atoms with E-state index in [-0.39, 0.29) is 11.7 Å². The molecule has 0 atom stereocenters. The zero-order valence-corrected chi connectivity index (χ0v) is 11.5. The molecule has 114 valence electrons. The number of aromatic nitrogens is 2. The Morgan fingerprint density at radius 1 is 1.52 bits per heavy atom. The molecule has 2 rings (SSSR count). The molecule has 0 saturated heterocycles. The molecule has 1 heterocycles. The zero-order chi connectivity index (χ0) is 15.8. The van der Waals surface area contributed by atoms with E-state index in [1.165, 1.54) is 10.9 Å². The summed E-state index contributed by atoms with van der Waals surface area (Å²) in [5.74, 6) is -1.79. The molecule has 0 unspecified atom stereocenters. The molecule has 1 saturated carbocycles. The van der Waals surface area contributed by atoms with E-state index < -0.39 is 27.9 Å². The highest BCUT2D eigenvalue weighted by Gasteiger charge is 2.39. The first-order chi connectivity index (χ1) is 9.74. The van der Waals surface area contributed by atoms with Gasteiger partial charge in [-0.1, -0.05) is 0 Å². The van der Waals surface area contributed by atoms with Crippen LogP contribution in [0.3, 0.4) is 0 Å². The number of carboxylic acids is 1. The fraction of sp³-hybridized carbons (Fsp3) is 0.583. The lowest BCUT2D eigenvalue weighted by Gasteiger charge is -2.33. The van der Waals surface area contributed by atoms with Crippen LogP contribution in [0.1, 0.15) is 49.1 Å². The molecule has 1 aliphatic carbocycles. The van der Waals surface area contributed by atoms with Gasteiger partial charge in [-0.15, -0.1) is 0 Å². The number of aliphatic carboxylic acids is 1. The van der Waals surface area contributed by atoms with E-state index in [2.05, 4.69) is 5.10 Å². The largest absolute Gasteiger partial charge is 0.481 e. The number of carbonyl (C=O) groups excluding carboxylic acids is 1. The summed E-state index contributed by atoms with van der Waals surface area (Å²) in [6.45, 7) is 1.69. The van der Waals surface area contributed by atoms with Crippen LogP contribution in [0.25, 0.3) is 0 Å². The molecule has 1 fully saturated rings. The van der Waals surface area contributed by atoms with Crippen molar-refractivity contribution in [1.29, 1.82) is 0 Å². The van der Waals surface area contributed by atoms with Gasteiger partial charge in [0.2, 0.25) is 5.69 Å². The van der Waals surface area contributed by atoms with Gasteiger partial charge in [-0.2, -0.15) is 5.10 Å². The van der Waals surface area contributed by atoms with E-state index in [0.717, 1.165) is 0 Å². The Morgan fingerprint density at radius 3 is 2.48 bits per heavy atom. The van der Waals surface area contributed by atoms with Crippen LogP contribution in [0.2, 0.25) is 0 Å². The van der Waals surface area contributed by atoms with Crippen LogP contribution in [0, 0.1) is 15.5 Å². The summed E-state index contributed by atoms with van der Waals surface area (Å²) in [7, 11) is 0. The van der Waals surface area contributed by atoms with E-state index in [1.807, 2.05) is 0 Å². The molecule has 9 nitrogen and oxygen atoms in total. The minimum Gasteiger partial charge on any atom is -0.481 e. The Bertz CT molecular complexity index is 569. The smallest absolute Gasteiger partial charge is 0.320 e. The number of hydrogen-bond donors (Lipinski definition) is 2. The summed E-state index contributed by atoms with van der Waals surface area (Å²) in [5, 5.41) is 24.0. The van der Waals surface area contributed by atoms with Crippen LogP contribution >= 0.6 is 0 Å². The highest BCUT2D eigenvalue weighted by atomic mass is 16.6. The molecule has 0 bridgehead atoms. The van der Waals surface area contributed by atoms with Crippen LogP contribution < -0.4 is 5.73 Å². The van der Waals surface area contributed by atoms with Gasteiger partial charge in [0.05, 0.1) is 16.4 Å². The molecule has 0 aromatic carbocycles. The number of nitrogens with zero attached hydrogens (tertiary/aromatic N) is 3. The Kier molecular flexibility index (Phi) is 3.67. The molecule has 1 amide bonds. The number of hydrogen-bond acceptors (Lipinski definition) is 5. The lowest BCUT2D eigenvalue weighted by molar-refractivity contribution is -0.385. The first-order valence-corrected chi connectivity index (χ1v) is 6.51. The molecule has 0 radical (unpaired) electrons. The minimum absolute atomic E-state index is 0.163. The Balaban J connectivity index is 2.21. The Hall–Kier alpha value is -2.45. The van der Waals surface area contributed by atoms with E-state index >= 15 is 0 Å². The van der Waals surface area contributed by atoms with E-state index in [1.54, 1.807) is 6.92 Å². The van der Waals surface area contributed by atoms with Crippen molar-refractivity contribution in [3.05, 3.63) is 22.0 Å². The third-order valence-electron chi connectivity index (χ3n) is 4.09. The molecule has 1 aromatic rings. The van der Waals surface area contributed by atoms with Crippen LogP contribution in [-0.4, -0.2) is 31.7 Å². The fourth-order valence-electron chi connectivity index (χ4n) is 2.60. The second kappa shape index (κ2) is 5.15. The van der Waals surface area contributed by atoms with E-state index in [9.17, 15) is 24.8 Å². The summed E-state index contributed by atoms with van der Waals surface area (Å²) in [5.41, 5.74) is 3.51. The molecule has 0 aliphatic heterocycles. The maximum atomic E-state index is 11.2. The quantitative estimate of drug-likeness (QED) is 0.629. The third kappa shape index (κ3) is 2.71. The maximum absolute atomic E-state index is 11.2. The molecule has 9 heteroatoms. The molecule has 3 N–H and O–H groups in total. The monoisotopic (exact) mass is 296 g/mol. The van der Waals surface area contributed by atoms with Gasteiger partial charge in [-0.25, -0.2) is 0 Å². The third-order valence-corrected chi connectivity index (χ3v) is 4.09. The van der Waals surface area contributed by atoms with Crippen LogP contribution in [-0.2, 0) is 4.79 Å². The van der Waals surface area contributed by atoms with Gasteiger partial charge in [0.25, 0.3) is 5.91 Å². The minimum atomic E-state index is -0.952. The number of carboxylic acid groups (broad SMARTS) is 1. The van der Waals surface area contributed by atoms with Crippen molar-refractivity contribution in [2.24, 2.45) is 11.1 Å². The van der Waals surface area contributed by atoms with Gasteiger partial charge in [0.1, 0.15) is 6.20 Å². The highest BCUT2D eigenvalue weighted by molar-refractivity contribution is 5.94. The van der Waals surface area contributed by atoms with Crippen molar-refractivity contribution in [1.82, 2.24) is 9.78 Å². The maximum Gasteiger partial charge on any atom is 0.320 e. The van der Waals surface area contributed by atoms with Gasteiger partial charge in [-0.3, -0.25) is 24.4 Å². The second-order valence-corrected chi connectivity index (χ2v) is 5.56. The average molecular weight is 296 g/mol. The van der Waals surface area contributed by atoms with Gasteiger partial charge in [0, 0.05) is 0 Å². The number of nitrogens with two attached hydrogens (primary N) is 1. The zero-order valence-electron chi connectivity index (χ0n) is 11.5. The summed E-state index contributed by atoms with van der Waals surface area (Å²) < 4.78 is 1.36. The number of carbonyl (C=O) groups is 2. The number of nitro groups is 1. The van der Waals surface area contributed by atoms with Gasteiger partial charge in [-0.05, 0) is 32.6 Å². The highest BCUT2D eigenvalue weighted by Crippen LogP contribution is 2.41. The predicted octanol–water partition coefficient (Wildman–Crippen LogP) is 1.10. The fourth-order valence-corrected chi connectivity index (χ4v) is 2.60. The topological polar surface area (TPSA) is 141 Å². The standard InChI is InChI=1S/C12H16N4O5/c1-12(11(18)19)4-2-7(3-5-12)15-6-8(16(20)21)9(14-15)10(13)17/h6-7H,2-5H2,1H3,(H2,13,17)(H,18,19). The summed E-state index contributed by atoms with van der Waals surface area (Å²) >= 11 is 0. The van der Waals surface area contributed by atoms with Crippen molar-refractivity contribution >= 4 is 17.6 Å². The van der Waals surface area contributed by atoms with Crippen molar-refractivity contribution < 1.29 is 19.6 Å². The Labute approximate surface area is 119 Å². The second-order valence-electron chi connectivity index (χ2n) is 5.56. The number of rotatable bonds is 4. The molecule has 0 spiro atoms. The van der Waals surface area contributed by atoms with E-state index in [0.29, 0.717) is 25.7 Å². The molecule has 1 aromatic heterocycles. The average Bonchev–Trinajstić information content (AvgIpc) is 2.84. The lowest BCUT2D eigenvalue weighted by Crippen LogP contribution is -2.33. The van der Waals surface area contributed by atoms with E-state index in [4.69, 9.17) is 5.73 Å². The number of primary amides is 1. The van der Waals surface area contributed by atoms with Gasteiger partial charge >= 0.3 is 11.7 Å². The molecular formula is C12H16N4O5. The molecule has 1 aliphatic rings. The summed E-state index contributed by atoms with van der Waals surface area (Å²) in [6.07, 6.45) is 3.15. The van der Waals surface area contributed by atoms with Crippen molar-refractivity contribution in [3.8, 4) is 0 Å². The Morgan fingerprint density at radius 2 is 2.10 bits per heavy atom. The summed E-state index contributed by atoms with van der Waals surface area (Å²) in [6, 6.07) is -0.163. The van der Waals surface area contributed by atoms with Gasteiger partial charge < -0.3 is 10.8 Å².